The van der Waals surface area contributed by atoms with Crippen LogP contribution in [0.5, 0.6) is 5.75 Å². The molecule has 1 fully saturated rings. The van der Waals surface area contributed by atoms with Crippen LogP contribution in [0.4, 0.5) is 0 Å². The van der Waals surface area contributed by atoms with E-state index in [2.05, 4.69) is 0 Å². The van der Waals surface area contributed by atoms with Crippen LogP contribution in [0.15, 0.2) is 21.5 Å². The van der Waals surface area contributed by atoms with Gasteiger partial charge in [-0.1, -0.05) is 0 Å². The molecule has 1 aromatic rings. The third kappa shape index (κ3) is 2.11. The molecule has 1 saturated carbocycles. The van der Waals surface area contributed by atoms with E-state index >= 15 is 0 Å². The molecule has 3 heteroatoms. The molecular formula is C10H12O3. The average Bonchev–Trinajstić information content (AvgIpc) is 2.86. The first-order valence-electron chi connectivity index (χ1n) is 4.48. The third-order valence-corrected chi connectivity index (χ3v) is 2.10. The molecule has 0 radical (unpaired) electrons. The highest BCUT2D eigenvalue weighted by Crippen LogP contribution is 2.28. The second-order valence-corrected chi connectivity index (χ2v) is 3.47. The van der Waals surface area contributed by atoms with Crippen molar-refractivity contribution in [3.05, 3.63) is 28.3 Å². The van der Waals surface area contributed by atoms with Crippen molar-refractivity contribution in [2.75, 3.05) is 6.61 Å². The van der Waals surface area contributed by atoms with E-state index in [-0.39, 0.29) is 5.43 Å². The molecule has 0 saturated heterocycles. The molecule has 0 spiro atoms. The zero-order chi connectivity index (χ0) is 9.26. The summed E-state index contributed by atoms with van der Waals surface area (Å²) in [5.74, 6) is 1.60. The van der Waals surface area contributed by atoms with Gasteiger partial charge in [-0.2, -0.15) is 0 Å². The number of aryl methyl sites for hydroxylation is 1. The maximum Gasteiger partial charge on any atom is 0.226 e. The van der Waals surface area contributed by atoms with Gasteiger partial charge < -0.3 is 9.15 Å². The molecule has 0 amide bonds. The van der Waals surface area contributed by atoms with E-state index < -0.39 is 0 Å². The summed E-state index contributed by atoms with van der Waals surface area (Å²) in [7, 11) is 0. The third-order valence-electron chi connectivity index (χ3n) is 2.10. The largest absolute Gasteiger partial charge is 0.486 e. The van der Waals surface area contributed by atoms with Crippen molar-refractivity contribution < 1.29 is 9.15 Å². The Hall–Kier alpha value is -1.25. The van der Waals surface area contributed by atoms with Gasteiger partial charge in [-0.25, -0.2) is 0 Å². The summed E-state index contributed by atoms with van der Waals surface area (Å²) in [6.45, 7) is 2.39. The van der Waals surface area contributed by atoms with Gasteiger partial charge in [-0.15, -0.1) is 0 Å². The summed E-state index contributed by atoms with van der Waals surface area (Å²) in [5.41, 5.74) is -0.0931. The second-order valence-electron chi connectivity index (χ2n) is 3.47. The van der Waals surface area contributed by atoms with Crippen LogP contribution in [0.2, 0.25) is 0 Å². The molecule has 2 rings (SSSR count). The molecule has 0 aromatic carbocycles. The maximum absolute atomic E-state index is 11.3. The summed E-state index contributed by atoms with van der Waals surface area (Å²) >= 11 is 0. The van der Waals surface area contributed by atoms with Gasteiger partial charge in [-0.05, 0) is 25.7 Å². The summed E-state index contributed by atoms with van der Waals surface area (Å²) < 4.78 is 10.4. The Morgan fingerprint density at radius 3 is 3.00 bits per heavy atom. The lowest BCUT2D eigenvalue weighted by Crippen LogP contribution is -2.09. The van der Waals surface area contributed by atoms with Crippen LogP contribution < -0.4 is 10.2 Å². The van der Waals surface area contributed by atoms with E-state index in [0.717, 1.165) is 0 Å². The molecule has 1 aliphatic rings. The fraction of sp³-hybridized carbons (Fsp3) is 0.500. The van der Waals surface area contributed by atoms with Crippen LogP contribution in [-0.2, 0) is 0 Å². The molecule has 70 valence electrons. The Morgan fingerprint density at radius 2 is 2.38 bits per heavy atom. The molecule has 0 N–H and O–H groups in total. The Kier molecular flexibility index (Phi) is 2.08. The van der Waals surface area contributed by atoms with Gasteiger partial charge in [0.25, 0.3) is 0 Å². The molecule has 0 unspecified atom stereocenters. The molecule has 0 bridgehead atoms. The first-order chi connectivity index (χ1) is 6.25. The van der Waals surface area contributed by atoms with Crippen molar-refractivity contribution in [2.45, 2.75) is 19.8 Å². The highest BCUT2D eigenvalue weighted by Gasteiger charge is 2.22. The van der Waals surface area contributed by atoms with Crippen molar-refractivity contribution in [3.63, 3.8) is 0 Å². The molecule has 3 nitrogen and oxygen atoms in total. The van der Waals surface area contributed by atoms with Crippen molar-refractivity contribution in [2.24, 2.45) is 5.92 Å². The summed E-state index contributed by atoms with van der Waals surface area (Å²) in [4.78, 5) is 11.3. The zero-order valence-electron chi connectivity index (χ0n) is 7.58. The van der Waals surface area contributed by atoms with E-state index in [0.29, 0.717) is 24.0 Å². The smallest absolute Gasteiger partial charge is 0.226 e. The van der Waals surface area contributed by atoms with Crippen molar-refractivity contribution in [1.82, 2.24) is 0 Å². The van der Waals surface area contributed by atoms with E-state index in [4.69, 9.17) is 9.15 Å². The van der Waals surface area contributed by atoms with Crippen LogP contribution in [0.25, 0.3) is 0 Å². The number of hydrogen-bond donors (Lipinski definition) is 0. The minimum atomic E-state index is -0.0931. The van der Waals surface area contributed by atoms with Crippen LogP contribution in [0.1, 0.15) is 18.6 Å². The Balaban J connectivity index is 2.06. The van der Waals surface area contributed by atoms with E-state index in [1.165, 1.54) is 25.2 Å². The van der Waals surface area contributed by atoms with Gasteiger partial charge in [0.15, 0.2) is 0 Å². The summed E-state index contributed by atoms with van der Waals surface area (Å²) in [6.07, 6.45) is 3.83. The first-order valence-corrected chi connectivity index (χ1v) is 4.48. The fourth-order valence-corrected chi connectivity index (χ4v) is 1.09. The van der Waals surface area contributed by atoms with Gasteiger partial charge in [0.1, 0.15) is 12.0 Å². The normalized spacial score (nSPS) is 15.8. The van der Waals surface area contributed by atoms with Crippen molar-refractivity contribution in [3.8, 4) is 5.75 Å². The number of hydrogen-bond acceptors (Lipinski definition) is 3. The first kappa shape index (κ1) is 8.35. The predicted octanol–water partition coefficient (Wildman–Crippen LogP) is 1.74. The van der Waals surface area contributed by atoms with E-state index in [1.807, 2.05) is 0 Å². The minimum absolute atomic E-state index is 0.0931. The van der Waals surface area contributed by atoms with Gasteiger partial charge in [-0.3, -0.25) is 4.79 Å². The summed E-state index contributed by atoms with van der Waals surface area (Å²) in [5, 5.41) is 0. The van der Waals surface area contributed by atoms with Crippen molar-refractivity contribution >= 4 is 0 Å². The van der Waals surface area contributed by atoms with Crippen molar-refractivity contribution in [1.29, 1.82) is 0 Å². The maximum atomic E-state index is 11.3. The van der Waals surface area contributed by atoms with Crippen LogP contribution in [0, 0.1) is 12.8 Å². The fourth-order valence-electron chi connectivity index (χ4n) is 1.09. The zero-order valence-corrected chi connectivity index (χ0v) is 7.58. The molecule has 1 aromatic heterocycles. The highest BCUT2D eigenvalue weighted by molar-refractivity contribution is 5.17. The van der Waals surface area contributed by atoms with Gasteiger partial charge in [0, 0.05) is 6.07 Å². The topological polar surface area (TPSA) is 39.4 Å². The van der Waals surface area contributed by atoms with Crippen LogP contribution in [0.3, 0.4) is 0 Å². The SMILES string of the molecule is Cc1cc(=O)c(OCC2CC2)co1. The van der Waals surface area contributed by atoms with Gasteiger partial charge >= 0.3 is 0 Å². The standard InChI is InChI=1S/C10H12O3/c1-7-4-9(11)10(6-12-7)13-5-8-2-3-8/h4,6,8H,2-3,5H2,1H3. The quantitative estimate of drug-likeness (QED) is 0.711. The molecule has 1 heterocycles. The summed E-state index contributed by atoms with van der Waals surface area (Å²) in [6, 6.07) is 1.45. The molecule has 0 aliphatic heterocycles. The Labute approximate surface area is 76.3 Å². The lowest BCUT2D eigenvalue weighted by Gasteiger charge is -2.02. The van der Waals surface area contributed by atoms with E-state index in [1.54, 1.807) is 6.92 Å². The molecule has 1 aliphatic carbocycles. The van der Waals surface area contributed by atoms with Gasteiger partial charge in [0.2, 0.25) is 11.2 Å². The van der Waals surface area contributed by atoms with Gasteiger partial charge in [0.05, 0.1) is 6.61 Å². The van der Waals surface area contributed by atoms with E-state index in [9.17, 15) is 4.79 Å². The monoisotopic (exact) mass is 180 g/mol. The molecular weight excluding hydrogens is 168 g/mol. The lowest BCUT2D eigenvalue weighted by molar-refractivity contribution is 0.285. The molecule has 13 heavy (non-hydrogen) atoms. The Bertz CT molecular complexity index is 349. The number of rotatable bonds is 3. The molecule has 0 atom stereocenters. The van der Waals surface area contributed by atoms with Crippen LogP contribution >= 0.6 is 0 Å². The number of ether oxygens (including phenoxy) is 1. The lowest BCUT2D eigenvalue weighted by atomic mass is 10.4. The highest BCUT2D eigenvalue weighted by atomic mass is 16.5. The predicted molar refractivity (Wildman–Crippen MR) is 47.9 cm³/mol. The Morgan fingerprint density at radius 1 is 1.62 bits per heavy atom. The second kappa shape index (κ2) is 3.24. The average molecular weight is 180 g/mol. The minimum Gasteiger partial charge on any atom is -0.486 e. The van der Waals surface area contributed by atoms with Crippen LogP contribution in [-0.4, -0.2) is 6.61 Å².